The van der Waals surface area contributed by atoms with Gasteiger partial charge in [0.2, 0.25) is 16.0 Å². The van der Waals surface area contributed by atoms with Crippen LogP contribution >= 0.6 is 0 Å². The summed E-state index contributed by atoms with van der Waals surface area (Å²) in [6.45, 7) is 7.79. The number of carbonyl (C=O) groups is 1. The van der Waals surface area contributed by atoms with Gasteiger partial charge in [-0.1, -0.05) is 43.7 Å². The summed E-state index contributed by atoms with van der Waals surface area (Å²) in [4.78, 5) is 30.5. The maximum atomic E-state index is 13.4. The van der Waals surface area contributed by atoms with Gasteiger partial charge in [0.1, 0.15) is 23.8 Å². The summed E-state index contributed by atoms with van der Waals surface area (Å²) in [5.74, 6) is -0.453. The maximum absolute atomic E-state index is 13.4. The van der Waals surface area contributed by atoms with Crippen LogP contribution in [0.25, 0.3) is 11.4 Å². The normalized spacial score (nSPS) is 11.7. The third-order valence-electron chi connectivity index (χ3n) is 5.85. The van der Waals surface area contributed by atoms with E-state index >= 15 is 0 Å². The molecule has 222 valence electrons. The Balaban J connectivity index is 1.76. The molecule has 0 aliphatic carbocycles. The highest BCUT2D eigenvalue weighted by atomic mass is 32.2. The Morgan fingerprint density at radius 3 is 2.39 bits per heavy atom. The van der Waals surface area contributed by atoms with E-state index in [4.69, 9.17) is 9.47 Å². The van der Waals surface area contributed by atoms with Gasteiger partial charge in [-0.25, -0.2) is 18.1 Å². The molecule has 0 aliphatic rings. The van der Waals surface area contributed by atoms with Crippen molar-refractivity contribution in [2.75, 3.05) is 24.4 Å². The van der Waals surface area contributed by atoms with Crippen LogP contribution in [0, 0.1) is 0 Å². The standard InChI is InChI=1S/C30H40N4O6S/c1-5-6-19-39-27(35)21-34-28(24-14-16-25(17-15-24)40-22-41(37,38)33-30(2,3)4)32-20-26(29(34)36)31-18-10-13-23-11-8-7-9-12-23/h7-9,11-12,14-17,20,31,33H,5-6,10,13,18-19,21-22H2,1-4H3. The van der Waals surface area contributed by atoms with Crippen molar-refractivity contribution in [3.8, 4) is 17.1 Å². The minimum Gasteiger partial charge on any atom is -0.476 e. The molecule has 0 bridgehead atoms. The number of hydrogen-bond acceptors (Lipinski definition) is 8. The fraction of sp³-hybridized carbons (Fsp3) is 0.433. The van der Waals surface area contributed by atoms with E-state index in [0.717, 1.165) is 25.7 Å². The molecule has 0 atom stereocenters. The van der Waals surface area contributed by atoms with E-state index in [0.29, 0.717) is 23.5 Å². The van der Waals surface area contributed by atoms with Gasteiger partial charge < -0.3 is 14.8 Å². The molecule has 0 aliphatic heterocycles. The number of nitrogens with one attached hydrogen (secondary N) is 2. The molecule has 0 spiro atoms. The van der Waals surface area contributed by atoms with Crippen LogP contribution in [0.5, 0.6) is 5.75 Å². The Labute approximate surface area is 242 Å². The molecule has 3 rings (SSSR count). The number of aromatic nitrogens is 2. The van der Waals surface area contributed by atoms with Crippen molar-refractivity contribution in [2.45, 2.75) is 65.5 Å². The molecule has 0 saturated heterocycles. The Morgan fingerprint density at radius 1 is 1.02 bits per heavy atom. The van der Waals surface area contributed by atoms with Crippen LogP contribution in [0.2, 0.25) is 0 Å². The second-order valence-corrected chi connectivity index (χ2v) is 12.4. The lowest BCUT2D eigenvalue weighted by atomic mass is 10.1. The number of unbranched alkanes of at least 4 members (excludes halogenated alkanes) is 1. The van der Waals surface area contributed by atoms with E-state index in [1.165, 1.54) is 16.3 Å². The Morgan fingerprint density at radius 2 is 1.73 bits per heavy atom. The third kappa shape index (κ3) is 10.7. The smallest absolute Gasteiger partial charge is 0.326 e. The predicted octanol–water partition coefficient (Wildman–Crippen LogP) is 4.35. The van der Waals surface area contributed by atoms with Gasteiger partial charge in [-0.3, -0.25) is 14.2 Å². The van der Waals surface area contributed by atoms with Gasteiger partial charge in [0.25, 0.3) is 5.56 Å². The average Bonchev–Trinajstić information content (AvgIpc) is 2.92. The highest BCUT2D eigenvalue weighted by Gasteiger charge is 2.21. The zero-order valence-electron chi connectivity index (χ0n) is 24.2. The van der Waals surface area contributed by atoms with Gasteiger partial charge in [-0.15, -0.1) is 0 Å². The van der Waals surface area contributed by atoms with E-state index in [-0.39, 0.29) is 24.5 Å². The lowest BCUT2D eigenvalue weighted by Gasteiger charge is -2.20. The van der Waals surface area contributed by atoms with Crippen LogP contribution in [0.15, 0.2) is 65.6 Å². The minimum atomic E-state index is -3.65. The largest absolute Gasteiger partial charge is 0.476 e. The number of rotatable bonds is 15. The molecule has 3 aromatic rings. The molecule has 2 aromatic carbocycles. The van der Waals surface area contributed by atoms with Gasteiger partial charge in [0.15, 0.2) is 0 Å². The molecule has 41 heavy (non-hydrogen) atoms. The second kappa shape index (κ2) is 14.8. The van der Waals surface area contributed by atoms with Crippen LogP contribution in [0.4, 0.5) is 5.69 Å². The van der Waals surface area contributed by atoms with E-state index in [1.807, 2.05) is 25.1 Å². The fourth-order valence-corrected chi connectivity index (χ4v) is 5.28. The van der Waals surface area contributed by atoms with Crippen LogP contribution in [-0.2, 0) is 32.5 Å². The third-order valence-corrected chi connectivity index (χ3v) is 7.20. The first kappa shape index (κ1) is 31.8. The summed E-state index contributed by atoms with van der Waals surface area (Å²) in [7, 11) is -3.65. The number of benzene rings is 2. The van der Waals surface area contributed by atoms with Crippen LogP contribution < -0.4 is 20.3 Å². The SMILES string of the molecule is CCCCOC(=O)Cn1c(-c2ccc(OCS(=O)(=O)NC(C)(C)C)cc2)ncc(NCCCc2ccccc2)c1=O. The maximum Gasteiger partial charge on any atom is 0.326 e. The highest BCUT2D eigenvalue weighted by molar-refractivity contribution is 7.89. The summed E-state index contributed by atoms with van der Waals surface area (Å²) in [5.41, 5.74) is 1.05. The molecule has 11 heteroatoms. The van der Waals surface area contributed by atoms with Crippen molar-refractivity contribution in [1.29, 1.82) is 0 Å². The number of sulfonamides is 1. The predicted molar refractivity (Wildman–Crippen MR) is 160 cm³/mol. The second-order valence-electron chi connectivity index (χ2n) is 10.7. The molecular weight excluding hydrogens is 544 g/mol. The van der Waals surface area contributed by atoms with Gasteiger partial charge in [0.05, 0.1) is 12.8 Å². The first-order chi connectivity index (χ1) is 19.5. The van der Waals surface area contributed by atoms with Gasteiger partial charge in [0, 0.05) is 17.6 Å². The first-order valence-electron chi connectivity index (χ1n) is 13.8. The lowest BCUT2D eigenvalue weighted by Crippen LogP contribution is -2.42. The first-order valence-corrected chi connectivity index (χ1v) is 15.4. The zero-order valence-corrected chi connectivity index (χ0v) is 25.0. The summed E-state index contributed by atoms with van der Waals surface area (Å²) < 4.78 is 39.1. The number of anilines is 1. The number of carbonyl (C=O) groups excluding carboxylic acids is 1. The average molecular weight is 585 g/mol. The highest BCUT2D eigenvalue weighted by Crippen LogP contribution is 2.21. The fourth-order valence-electron chi connectivity index (χ4n) is 4.00. The van der Waals surface area contributed by atoms with Crippen molar-refractivity contribution in [2.24, 2.45) is 0 Å². The van der Waals surface area contributed by atoms with Crippen LogP contribution in [0.3, 0.4) is 0 Å². The van der Waals surface area contributed by atoms with E-state index in [2.05, 4.69) is 27.2 Å². The molecular formula is C30H40N4O6S. The van der Waals surface area contributed by atoms with Crippen LogP contribution in [-0.4, -0.2) is 48.6 Å². The van der Waals surface area contributed by atoms with E-state index in [1.54, 1.807) is 45.0 Å². The molecule has 0 saturated carbocycles. The number of nitrogens with zero attached hydrogens (tertiary/aromatic N) is 2. The van der Waals surface area contributed by atoms with E-state index < -0.39 is 27.5 Å². The Kier molecular flexibility index (Phi) is 11.5. The lowest BCUT2D eigenvalue weighted by molar-refractivity contribution is -0.144. The van der Waals surface area contributed by atoms with Crippen molar-refractivity contribution >= 4 is 21.7 Å². The van der Waals surface area contributed by atoms with Crippen molar-refractivity contribution < 1.29 is 22.7 Å². The minimum absolute atomic E-state index is 0.281. The number of ether oxygens (including phenoxy) is 2. The van der Waals surface area contributed by atoms with E-state index in [9.17, 15) is 18.0 Å². The summed E-state index contributed by atoms with van der Waals surface area (Å²) in [6.07, 6.45) is 4.75. The molecule has 0 unspecified atom stereocenters. The molecule has 10 nitrogen and oxygen atoms in total. The Hall–Kier alpha value is -3.70. The van der Waals surface area contributed by atoms with Gasteiger partial charge in [-0.05, 0) is 69.9 Å². The summed E-state index contributed by atoms with van der Waals surface area (Å²) in [6, 6.07) is 16.6. The summed E-state index contributed by atoms with van der Waals surface area (Å²) in [5, 5.41) is 3.15. The molecule has 1 aromatic heterocycles. The van der Waals surface area contributed by atoms with Crippen molar-refractivity contribution in [3.05, 3.63) is 76.7 Å². The number of aryl methyl sites for hydroxylation is 1. The van der Waals surface area contributed by atoms with Crippen molar-refractivity contribution in [1.82, 2.24) is 14.3 Å². The number of hydrogen-bond donors (Lipinski definition) is 2. The topological polar surface area (TPSA) is 129 Å². The molecule has 0 amide bonds. The van der Waals surface area contributed by atoms with Gasteiger partial charge in [-0.2, -0.15) is 0 Å². The van der Waals surface area contributed by atoms with Crippen molar-refractivity contribution in [3.63, 3.8) is 0 Å². The zero-order chi connectivity index (χ0) is 29.9. The summed E-state index contributed by atoms with van der Waals surface area (Å²) >= 11 is 0. The van der Waals surface area contributed by atoms with Crippen LogP contribution in [0.1, 0.15) is 52.5 Å². The van der Waals surface area contributed by atoms with Gasteiger partial charge >= 0.3 is 5.97 Å². The molecule has 2 N–H and O–H groups in total. The Bertz CT molecular complexity index is 1430. The molecule has 0 fully saturated rings. The monoisotopic (exact) mass is 584 g/mol. The number of esters is 1. The quantitative estimate of drug-likeness (QED) is 0.199. The molecule has 0 radical (unpaired) electrons. The molecule has 1 heterocycles.